The molecule has 3 atom stereocenters. The maximum atomic E-state index is 10.1. The third-order valence-corrected chi connectivity index (χ3v) is 2.60. The monoisotopic (exact) mass is 248 g/mol. The molecule has 17 heavy (non-hydrogen) atoms. The highest BCUT2D eigenvalue weighted by Crippen LogP contribution is 2.01. The predicted octanol–water partition coefficient (Wildman–Crippen LogP) is -3.46. The van der Waals surface area contributed by atoms with Crippen molar-refractivity contribution >= 4 is 11.9 Å². The summed E-state index contributed by atoms with van der Waals surface area (Å²) in [5, 5.41) is 20.0. The minimum absolute atomic E-state index is 0.120. The van der Waals surface area contributed by atoms with Crippen LogP contribution in [0.1, 0.15) is 40.0 Å². The maximum Gasteiger partial charge on any atom is 0.127 e. The molecule has 0 heterocycles. The van der Waals surface area contributed by atoms with E-state index in [-0.39, 0.29) is 5.92 Å². The Kier molecular flexibility index (Phi) is 10.8. The van der Waals surface area contributed by atoms with Crippen LogP contribution in [-0.4, -0.2) is 24.0 Å². The van der Waals surface area contributed by atoms with Crippen molar-refractivity contribution in [1.29, 1.82) is 0 Å². The molecule has 0 unspecified atom stereocenters. The molecule has 0 aliphatic carbocycles. The van der Waals surface area contributed by atoms with Crippen molar-refractivity contribution in [2.75, 3.05) is 0 Å². The summed E-state index contributed by atoms with van der Waals surface area (Å²) in [6, 6.07) is -1.09. The summed E-state index contributed by atoms with van der Waals surface area (Å²) in [7, 11) is 0. The van der Waals surface area contributed by atoms with E-state index in [4.69, 9.17) is 0 Å². The fraction of sp³-hybridized carbons (Fsp3) is 0.818. The smallest absolute Gasteiger partial charge is 0.127 e. The molecule has 0 aromatic carbocycles. The van der Waals surface area contributed by atoms with Gasteiger partial charge >= 0.3 is 0 Å². The molecule has 0 saturated carbocycles. The molecule has 0 fully saturated rings. The van der Waals surface area contributed by atoms with Gasteiger partial charge in [-0.1, -0.05) is 27.2 Å². The number of hydrogen-bond donors (Lipinski definition) is 2. The zero-order valence-corrected chi connectivity index (χ0v) is 10.9. The molecular formula is C11H24N2O4. The van der Waals surface area contributed by atoms with Crippen LogP contribution in [0.2, 0.25) is 0 Å². The second-order valence-electron chi connectivity index (χ2n) is 4.12. The van der Waals surface area contributed by atoms with Crippen molar-refractivity contribution in [2.45, 2.75) is 52.1 Å². The zero-order valence-electron chi connectivity index (χ0n) is 10.9. The molecule has 6 N–H and O–H groups in total. The van der Waals surface area contributed by atoms with Crippen LogP contribution in [0, 0.1) is 5.92 Å². The lowest BCUT2D eigenvalue weighted by molar-refractivity contribution is -0.447. The molecule has 0 aromatic rings. The Morgan fingerprint density at radius 1 is 1.12 bits per heavy atom. The molecule has 0 aromatic heterocycles. The molecule has 102 valence electrons. The normalized spacial score (nSPS) is 15.1. The van der Waals surface area contributed by atoms with E-state index in [1.165, 1.54) is 0 Å². The lowest BCUT2D eigenvalue weighted by Crippen LogP contribution is -2.70. The van der Waals surface area contributed by atoms with Crippen LogP contribution in [0.25, 0.3) is 0 Å². The quantitative estimate of drug-likeness (QED) is 0.505. The van der Waals surface area contributed by atoms with Crippen LogP contribution >= 0.6 is 0 Å². The van der Waals surface area contributed by atoms with Crippen LogP contribution in [0.4, 0.5) is 0 Å². The van der Waals surface area contributed by atoms with Gasteiger partial charge in [0.05, 0.1) is 11.9 Å². The van der Waals surface area contributed by atoms with Crippen LogP contribution in [0.5, 0.6) is 0 Å². The van der Waals surface area contributed by atoms with E-state index in [2.05, 4.69) is 11.5 Å². The van der Waals surface area contributed by atoms with Crippen molar-refractivity contribution in [2.24, 2.45) is 5.92 Å². The molecule has 0 aliphatic rings. The van der Waals surface area contributed by atoms with E-state index in [0.717, 1.165) is 12.8 Å². The molecule has 0 radical (unpaired) electrons. The van der Waals surface area contributed by atoms with Gasteiger partial charge in [0.25, 0.3) is 0 Å². The summed E-state index contributed by atoms with van der Waals surface area (Å²) >= 11 is 0. The summed E-state index contributed by atoms with van der Waals surface area (Å²) in [5.74, 6) is -1.98. The van der Waals surface area contributed by atoms with Gasteiger partial charge in [-0.05, 0) is 6.42 Å². The van der Waals surface area contributed by atoms with E-state index >= 15 is 0 Å². The minimum Gasteiger partial charge on any atom is -0.544 e. The van der Waals surface area contributed by atoms with Gasteiger partial charge in [-0.25, -0.2) is 0 Å². The first-order valence-corrected chi connectivity index (χ1v) is 5.85. The Hall–Kier alpha value is -1.14. The lowest BCUT2D eigenvalue weighted by atomic mass is 10.0. The highest BCUT2D eigenvalue weighted by molar-refractivity contribution is 5.69. The molecule has 0 spiro atoms. The van der Waals surface area contributed by atoms with Crippen LogP contribution in [0.15, 0.2) is 0 Å². The first kappa shape index (κ1) is 18.2. The summed E-state index contributed by atoms with van der Waals surface area (Å²) in [5.41, 5.74) is 6.81. The largest absolute Gasteiger partial charge is 0.544 e. The van der Waals surface area contributed by atoms with Crippen molar-refractivity contribution in [3.05, 3.63) is 0 Å². The molecular weight excluding hydrogens is 224 g/mol. The van der Waals surface area contributed by atoms with Crippen molar-refractivity contribution < 1.29 is 31.3 Å². The van der Waals surface area contributed by atoms with Crippen molar-refractivity contribution in [3.8, 4) is 0 Å². The number of rotatable bonds is 6. The van der Waals surface area contributed by atoms with Gasteiger partial charge in [-0.3, -0.25) is 0 Å². The fourth-order valence-corrected chi connectivity index (χ4v) is 0.983. The van der Waals surface area contributed by atoms with E-state index < -0.39 is 24.0 Å². The van der Waals surface area contributed by atoms with E-state index in [0.29, 0.717) is 6.42 Å². The molecule has 0 saturated heterocycles. The van der Waals surface area contributed by atoms with Gasteiger partial charge in [0.15, 0.2) is 0 Å². The first-order chi connectivity index (χ1) is 7.77. The number of aliphatic carboxylic acids is 2. The second kappa shape index (κ2) is 10.0. The van der Waals surface area contributed by atoms with Gasteiger partial charge < -0.3 is 31.3 Å². The molecule has 6 heteroatoms. The fourth-order valence-electron chi connectivity index (χ4n) is 0.983. The number of carbonyl (C=O) groups excluding carboxylic acids is 2. The third-order valence-electron chi connectivity index (χ3n) is 2.60. The second-order valence-corrected chi connectivity index (χ2v) is 4.12. The van der Waals surface area contributed by atoms with Gasteiger partial charge in [0, 0.05) is 12.3 Å². The summed E-state index contributed by atoms with van der Waals surface area (Å²) in [6.07, 6.45) is 2.30. The van der Waals surface area contributed by atoms with Crippen LogP contribution in [-0.2, 0) is 9.59 Å². The lowest BCUT2D eigenvalue weighted by Gasteiger charge is -2.14. The van der Waals surface area contributed by atoms with Gasteiger partial charge in [-0.2, -0.15) is 0 Å². The predicted molar refractivity (Wildman–Crippen MR) is 57.7 cm³/mol. The Bertz CT molecular complexity index is 234. The molecule has 0 rings (SSSR count). The Balaban J connectivity index is 0. The SMILES string of the molecule is CCC[C@@H]([NH3+])C(=O)[O-].CC[C@H](C)[C@H]([NH3+])C(=O)[O-]. The summed E-state index contributed by atoms with van der Waals surface area (Å²) in [6.45, 7) is 5.71. The third kappa shape index (κ3) is 9.77. The highest BCUT2D eigenvalue weighted by Gasteiger charge is 2.14. The van der Waals surface area contributed by atoms with Crippen LogP contribution in [0.3, 0.4) is 0 Å². The van der Waals surface area contributed by atoms with Crippen LogP contribution < -0.4 is 21.7 Å². The first-order valence-electron chi connectivity index (χ1n) is 5.85. The average molecular weight is 248 g/mol. The number of carboxylic acids is 2. The molecule has 0 bridgehead atoms. The van der Waals surface area contributed by atoms with Gasteiger partial charge in [0.2, 0.25) is 0 Å². The Morgan fingerprint density at radius 2 is 1.59 bits per heavy atom. The van der Waals surface area contributed by atoms with E-state index in [1.54, 1.807) is 0 Å². The minimum atomic E-state index is -1.05. The van der Waals surface area contributed by atoms with Crippen molar-refractivity contribution in [3.63, 3.8) is 0 Å². The summed E-state index contributed by atoms with van der Waals surface area (Å²) in [4.78, 5) is 20.0. The molecule has 0 amide bonds. The average Bonchev–Trinajstić information content (AvgIpc) is 2.27. The number of carbonyl (C=O) groups is 2. The standard InChI is InChI=1S/C6H13NO2.C5H11NO2/c1-3-4(2)5(7)6(8)9;1-2-3-4(6)5(7)8/h4-5H,3,7H2,1-2H3,(H,8,9);4H,2-3,6H2,1H3,(H,7,8)/t4-,5-;4-/m01/s1. The van der Waals surface area contributed by atoms with Crippen molar-refractivity contribution in [1.82, 2.24) is 0 Å². The number of quaternary nitrogens is 2. The van der Waals surface area contributed by atoms with Gasteiger partial charge in [0.1, 0.15) is 12.1 Å². The van der Waals surface area contributed by atoms with E-state index in [1.807, 2.05) is 20.8 Å². The number of hydrogen-bond acceptors (Lipinski definition) is 4. The molecule has 0 aliphatic heterocycles. The van der Waals surface area contributed by atoms with Gasteiger partial charge in [-0.15, -0.1) is 0 Å². The Labute approximate surface area is 102 Å². The Morgan fingerprint density at radius 3 is 1.71 bits per heavy atom. The highest BCUT2D eigenvalue weighted by atomic mass is 16.4. The summed E-state index contributed by atoms with van der Waals surface area (Å²) < 4.78 is 0. The van der Waals surface area contributed by atoms with E-state index in [9.17, 15) is 19.8 Å². The molecule has 6 nitrogen and oxygen atoms in total. The topological polar surface area (TPSA) is 136 Å². The zero-order chi connectivity index (χ0) is 14.0. The maximum absolute atomic E-state index is 10.1. The number of carboxylic acid groups (broad SMARTS) is 2.